The molecule has 0 atom stereocenters. The predicted molar refractivity (Wildman–Crippen MR) is 37.5 cm³/mol. The molecule has 1 spiro atoms. The van der Waals surface area contributed by atoms with Gasteiger partial charge in [-0.3, -0.25) is 0 Å². The smallest absolute Gasteiger partial charge is 0 e. The van der Waals surface area contributed by atoms with Crippen LogP contribution in [0.15, 0.2) is 0 Å². The Bertz CT molecular complexity index is 580. The van der Waals surface area contributed by atoms with Gasteiger partial charge in [0.2, 0.25) is 0 Å². The van der Waals surface area contributed by atoms with Crippen LogP contribution < -0.4 is 0 Å². The summed E-state index contributed by atoms with van der Waals surface area (Å²) in [5, 5.41) is 0. The van der Waals surface area contributed by atoms with E-state index in [2.05, 4.69) is 0 Å². The SMILES string of the molecule is [CH]12[CH]3[CH]4[CH]5[CH]1[Fe]23451678[CH]2[CH]1[CH]6[CH]7[CH]28.[Cu].[Cu]. The van der Waals surface area contributed by atoms with E-state index in [0.717, 1.165) is 0 Å². The van der Waals surface area contributed by atoms with Gasteiger partial charge in [-0.1, -0.05) is 0 Å². The summed E-state index contributed by atoms with van der Waals surface area (Å²) in [4.78, 5) is 15.9. The second-order valence-electron chi connectivity index (χ2n) is 9.58. The van der Waals surface area contributed by atoms with Crippen molar-refractivity contribution in [2.75, 3.05) is 0 Å². The molecule has 10 rings (SSSR count). The molecule has 10 saturated heterocycles. The van der Waals surface area contributed by atoms with E-state index in [0.29, 0.717) is 0 Å². The first-order chi connectivity index (χ1) is 5.16. The molecule has 10 heterocycles. The number of hydrogen-bond donors (Lipinski definition) is 0. The van der Waals surface area contributed by atoms with E-state index in [9.17, 15) is 0 Å². The van der Waals surface area contributed by atoms with Crippen molar-refractivity contribution in [3.05, 3.63) is 0 Å². The molecule has 0 bridgehead atoms. The first kappa shape index (κ1) is 5.76. The molecule has 0 saturated carbocycles. The molecular formula is C10H10Cu2Fe. The molecule has 0 nitrogen and oxygen atoms in total. The Balaban J connectivity index is 0.000000222. The minimum Gasteiger partial charge on any atom is 0 e. The van der Waals surface area contributed by atoms with E-state index in [-0.39, 0.29) is 34.1 Å². The maximum Gasteiger partial charge on any atom is 0 e. The molecule has 10 aliphatic heterocycles. The minimum absolute atomic E-state index is 0. The van der Waals surface area contributed by atoms with Crippen LogP contribution in [0.25, 0.3) is 0 Å². The van der Waals surface area contributed by atoms with Crippen molar-refractivity contribution in [3.63, 3.8) is 0 Å². The van der Waals surface area contributed by atoms with Gasteiger partial charge in [0.15, 0.2) is 0 Å². The minimum atomic E-state index is -2.28. The van der Waals surface area contributed by atoms with Gasteiger partial charge in [-0.15, -0.1) is 0 Å². The van der Waals surface area contributed by atoms with E-state index < -0.39 is 6.51 Å². The van der Waals surface area contributed by atoms with Crippen molar-refractivity contribution in [1.29, 1.82) is 0 Å². The second kappa shape index (κ2) is 0.365. The molecule has 3 heteroatoms. The Morgan fingerprint density at radius 1 is 0.385 bits per heavy atom. The first-order valence-electron chi connectivity index (χ1n) is 5.37. The molecular weight excluding hydrogens is 303 g/mol. The molecule has 0 aromatic heterocycles. The van der Waals surface area contributed by atoms with Crippen LogP contribution in [0.1, 0.15) is 0 Å². The summed E-state index contributed by atoms with van der Waals surface area (Å²) < 4.78 is 0. The third-order valence-corrected chi connectivity index (χ3v) is 56.5. The molecule has 80 valence electrons. The van der Waals surface area contributed by atoms with Gasteiger partial charge in [-0.05, 0) is 0 Å². The van der Waals surface area contributed by atoms with Crippen molar-refractivity contribution >= 4 is 0 Å². The van der Waals surface area contributed by atoms with Crippen LogP contribution in [0.5, 0.6) is 0 Å². The summed E-state index contributed by atoms with van der Waals surface area (Å²) in [5.74, 6) is 0. The van der Waals surface area contributed by atoms with Gasteiger partial charge >= 0.3 is 54.7 Å². The number of fused-ring (bicyclic) bond motifs is 10. The van der Waals surface area contributed by atoms with Crippen molar-refractivity contribution in [3.8, 4) is 0 Å². The van der Waals surface area contributed by atoms with Crippen molar-refractivity contribution in [1.82, 2.24) is 0 Å². The average molecular weight is 313 g/mol. The normalized spacial score (nSPS) is 145. The fraction of sp³-hybridized carbons (Fsp3) is 1.00. The second-order valence-corrected chi connectivity index (χ2v) is 33.5. The zero-order valence-corrected chi connectivity index (χ0v) is 9.72. The van der Waals surface area contributed by atoms with Crippen LogP contribution in [0, 0.1) is 0 Å². The van der Waals surface area contributed by atoms with Gasteiger partial charge in [-0.25, -0.2) is 0 Å². The van der Waals surface area contributed by atoms with E-state index in [4.69, 9.17) is 0 Å². The molecule has 0 unspecified atom stereocenters. The van der Waals surface area contributed by atoms with Crippen LogP contribution in [-0.4, -0.2) is 0 Å². The van der Waals surface area contributed by atoms with Gasteiger partial charge in [0.1, 0.15) is 0 Å². The van der Waals surface area contributed by atoms with Crippen LogP contribution in [-0.2, 0) is 40.6 Å². The summed E-state index contributed by atoms with van der Waals surface area (Å²) in [6.45, 7) is -2.28. The van der Waals surface area contributed by atoms with E-state index in [1.165, 1.54) is 0 Å². The molecule has 0 aromatic carbocycles. The van der Waals surface area contributed by atoms with E-state index in [1.54, 1.807) is 48.2 Å². The molecule has 13 heavy (non-hydrogen) atoms. The monoisotopic (exact) mass is 312 g/mol. The number of rotatable bonds is 0. The fourth-order valence-corrected chi connectivity index (χ4v) is 88.0. The molecule has 0 aromatic rings. The Labute approximate surface area is 88.2 Å². The Hall–Kier alpha value is 1.56. The van der Waals surface area contributed by atoms with Gasteiger partial charge in [0.05, 0.1) is 0 Å². The van der Waals surface area contributed by atoms with Crippen LogP contribution in [0.3, 0.4) is 0 Å². The van der Waals surface area contributed by atoms with Crippen molar-refractivity contribution in [2.24, 2.45) is 0 Å². The third kappa shape index (κ3) is 0.0446. The maximum absolute atomic E-state index is 2.28. The largest absolute Gasteiger partial charge is 0 e. The molecule has 0 aliphatic carbocycles. The zero-order valence-electron chi connectivity index (χ0n) is 6.73. The average Bonchev–Trinajstić information content (AvgIpc) is 3.01. The summed E-state index contributed by atoms with van der Waals surface area (Å²) in [7, 11) is 0. The topological polar surface area (TPSA) is 0 Å². The zero-order chi connectivity index (χ0) is 6.09. The van der Waals surface area contributed by atoms with Crippen molar-refractivity contribution < 1.29 is 40.6 Å². The Kier molecular flexibility index (Phi) is 0.162. The maximum atomic E-state index is 1.59. The summed E-state index contributed by atoms with van der Waals surface area (Å²) in [6.07, 6.45) is 0. The first-order valence-corrected chi connectivity index (χ1v) is 11.7. The van der Waals surface area contributed by atoms with Crippen molar-refractivity contribution in [2.45, 2.75) is 48.2 Å². The molecule has 10 fully saturated rings. The number of hydrogen-bond acceptors (Lipinski definition) is 0. The summed E-state index contributed by atoms with van der Waals surface area (Å²) >= 11 is 0. The predicted octanol–water partition coefficient (Wildman–Crippen LogP) is 3.37. The standard InChI is InChI=1S/2C5H5.2Cu.Fe/c2*1-2-4-5-3-1;;;/h2*1-5H;;;. The Morgan fingerprint density at radius 3 is 0.538 bits per heavy atom. The van der Waals surface area contributed by atoms with Gasteiger partial charge in [0.25, 0.3) is 0 Å². The molecule has 0 N–H and O–H groups in total. The van der Waals surface area contributed by atoms with E-state index >= 15 is 0 Å². The molecule has 0 amide bonds. The van der Waals surface area contributed by atoms with Gasteiger partial charge < -0.3 is 0 Å². The molecule has 10 aliphatic rings. The third-order valence-electron chi connectivity index (χ3n) is 14.5. The fourth-order valence-electron chi connectivity index (χ4n) is 15.8. The van der Waals surface area contributed by atoms with Crippen LogP contribution in [0.4, 0.5) is 0 Å². The van der Waals surface area contributed by atoms with Gasteiger partial charge in [0, 0.05) is 34.1 Å². The van der Waals surface area contributed by atoms with Gasteiger partial charge in [-0.2, -0.15) is 0 Å². The van der Waals surface area contributed by atoms with Crippen LogP contribution in [0.2, 0.25) is 48.2 Å². The molecule has 2 radical (unpaired) electrons. The quantitative estimate of drug-likeness (QED) is 0.602. The van der Waals surface area contributed by atoms with Crippen LogP contribution >= 0.6 is 0 Å². The summed E-state index contributed by atoms with van der Waals surface area (Å²) in [5.41, 5.74) is 0. The Morgan fingerprint density at radius 2 is 0.538 bits per heavy atom. The summed E-state index contributed by atoms with van der Waals surface area (Å²) in [6, 6.07) is 0. The van der Waals surface area contributed by atoms with E-state index in [1.807, 2.05) is 0 Å².